The summed E-state index contributed by atoms with van der Waals surface area (Å²) in [5, 5.41) is 18.6. The fraction of sp³-hybridized carbons (Fsp3) is 0.654. The van der Waals surface area contributed by atoms with Crippen LogP contribution in [0.5, 0.6) is 0 Å². The van der Waals surface area contributed by atoms with Crippen LogP contribution in [-0.4, -0.2) is 158 Å². The van der Waals surface area contributed by atoms with Gasteiger partial charge >= 0.3 is 0 Å². The summed E-state index contributed by atoms with van der Waals surface area (Å²) in [4.78, 5) is 92.9. The van der Waals surface area contributed by atoms with E-state index in [0.29, 0.717) is 26.2 Å². The molecule has 2 aromatic carbocycles. The highest BCUT2D eigenvalue weighted by atomic mass is 16.2. The van der Waals surface area contributed by atoms with Gasteiger partial charge in [-0.05, 0) is 99.6 Å². The summed E-state index contributed by atoms with van der Waals surface area (Å²) in [5.41, 5.74) is 3.36. The maximum Gasteiger partial charge on any atom is 0.246 e. The summed E-state index contributed by atoms with van der Waals surface area (Å²) in [5.74, 6) is -1.63. The lowest BCUT2D eigenvalue weighted by atomic mass is 9.85. The Hall–Kier alpha value is -4.90. The summed E-state index contributed by atoms with van der Waals surface area (Å²) >= 11 is 0. The van der Waals surface area contributed by atoms with Gasteiger partial charge < -0.3 is 41.7 Å². The van der Waals surface area contributed by atoms with Crippen LogP contribution in [0.15, 0.2) is 48.5 Å². The van der Waals surface area contributed by atoms with Crippen molar-refractivity contribution in [2.45, 2.75) is 142 Å². The van der Waals surface area contributed by atoms with Crippen molar-refractivity contribution in [3.8, 4) is 0 Å². The Balaban J connectivity index is 1.22. The van der Waals surface area contributed by atoms with Gasteiger partial charge in [-0.3, -0.25) is 38.6 Å². The lowest BCUT2D eigenvalue weighted by Crippen LogP contribution is -2.67. The fourth-order valence-electron chi connectivity index (χ4n) is 10.1. The quantitative estimate of drug-likeness (QED) is 0.155. The summed E-state index contributed by atoms with van der Waals surface area (Å²) < 4.78 is 0. The Kier molecular flexibility index (Phi) is 17.5. The van der Waals surface area contributed by atoms with E-state index in [-0.39, 0.29) is 73.7 Å². The molecule has 0 radical (unpaired) electrons. The molecule has 374 valence electrons. The molecule has 0 aromatic heterocycles. The SMILES string of the molecule is CN[C@@H](C)C(=O)N[C@H](C(=O)N1CCN(CCN2CCN(C(=O)[C@@H](NC(=O)[C@H](C)NC)C(C)(C)C)[C@H](C(=O)N[C@@H]3CCCc4ccccc43)C2)C[C@H]1C(=O)N[C@@H]1CCCc2ccccc21)C(C)(C)C. The number of hydrogen-bond donors (Lipinski definition) is 6. The molecule has 16 nitrogen and oxygen atoms in total. The molecule has 4 aliphatic rings. The second-order valence-electron chi connectivity index (χ2n) is 21.6. The van der Waals surface area contributed by atoms with Crippen molar-refractivity contribution in [2.24, 2.45) is 10.8 Å². The van der Waals surface area contributed by atoms with Crippen molar-refractivity contribution in [1.82, 2.24) is 51.5 Å². The Bertz CT molecular complexity index is 1970. The third kappa shape index (κ3) is 12.6. The van der Waals surface area contributed by atoms with Gasteiger partial charge in [0.05, 0.1) is 24.2 Å². The fourth-order valence-corrected chi connectivity index (χ4v) is 10.1. The highest BCUT2D eigenvalue weighted by Crippen LogP contribution is 2.32. The van der Waals surface area contributed by atoms with E-state index in [0.717, 1.165) is 49.7 Å². The van der Waals surface area contributed by atoms with Gasteiger partial charge in [0, 0.05) is 52.4 Å². The average Bonchev–Trinajstić information content (AvgIpc) is 3.32. The second kappa shape index (κ2) is 22.7. The highest BCUT2D eigenvalue weighted by Gasteiger charge is 2.45. The number of rotatable bonds is 15. The lowest BCUT2D eigenvalue weighted by molar-refractivity contribution is -0.150. The standard InChI is InChI=1S/C52H80N10O6/c1-33(53-9)45(63)57-43(51(3,4)5)49(67)61-29-27-59(31-41(61)47(65)55-39-23-15-19-35-17-11-13-21-37(35)39)25-26-60-28-30-62(50(68)44(52(6,7)8)58-46(64)34(2)54-10)42(32-60)48(66)56-40-24-16-20-36-18-12-14-22-38(36)40/h11-14,17-18,21-22,33-34,39-44,53-54H,15-16,19-20,23-32H2,1-10H3,(H,55,65)(H,56,66)(H,57,63)(H,58,64)/t33-,34-,39+,40+,41-,42-,43+,44+/m0/s1. The molecule has 2 aromatic rings. The van der Waals surface area contributed by atoms with Crippen molar-refractivity contribution in [2.75, 3.05) is 66.5 Å². The van der Waals surface area contributed by atoms with E-state index < -0.39 is 47.1 Å². The minimum Gasteiger partial charge on any atom is -0.347 e. The second-order valence-corrected chi connectivity index (χ2v) is 21.6. The molecule has 8 atom stereocenters. The van der Waals surface area contributed by atoms with Gasteiger partial charge in [-0.1, -0.05) is 90.1 Å². The lowest BCUT2D eigenvalue weighted by Gasteiger charge is -2.46. The van der Waals surface area contributed by atoms with Gasteiger partial charge in [-0.2, -0.15) is 0 Å². The average molecular weight is 941 g/mol. The van der Waals surface area contributed by atoms with E-state index >= 15 is 0 Å². The molecular weight excluding hydrogens is 861 g/mol. The van der Waals surface area contributed by atoms with E-state index in [1.807, 2.05) is 65.8 Å². The van der Waals surface area contributed by atoms with Crippen molar-refractivity contribution in [3.05, 3.63) is 70.8 Å². The third-order valence-corrected chi connectivity index (χ3v) is 14.7. The van der Waals surface area contributed by atoms with Crippen LogP contribution in [0, 0.1) is 10.8 Å². The number of carbonyl (C=O) groups excluding carboxylic acids is 6. The van der Waals surface area contributed by atoms with E-state index in [1.165, 1.54) is 11.1 Å². The van der Waals surface area contributed by atoms with E-state index in [4.69, 9.17) is 0 Å². The predicted octanol–water partition coefficient (Wildman–Crippen LogP) is 2.68. The molecule has 68 heavy (non-hydrogen) atoms. The van der Waals surface area contributed by atoms with Crippen molar-refractivity contribution < 1.29 is 28.8 Å². The van der Waals surface area contributed by atoms with Crippen LogP contribution >= 0.6 is 0 Å². The minimum absolute atomic E-state index is 0.184. The predicted molar refractivity (Wildman–Crippen MR) is 264 cm³/mol. The summed E-state index contributed by atoms with van der Waals surface area (Å²) in [6.07, 6.45) is 5.37. The van der Waals surface area contributed by atoms with Crippen molar-refractivity contribution in [1.29, 1.82) is 0 Å². The molecule has 6 N–H and O–H groups in total. The number of benzene rings is 2. The van der Waals surface area contributed by atoms with Crippen LogP contribution in [0.2, 0.25) is 0 Å². The number of nitrogens with one attached hydrogen (secondary N) is 6. The monoisotopic (exact) mass is 941 g/mol. The first-order valence-corrected chi connectivity index (χ1v) is 25.0. The number of likely N-dealkylation sites (N-methyl/N-ethyl adjacent to an activating group) is 2. The molecule has 0 saturated carbocycles. The zero-order valence-electron chi connectivity index (χ0n) is 42.4. The van der Waals surface area contributed by atoms with Crippen LogP contribution in [0.3, 0.4) is 0 Å². The number of nitrogens with zero attached hydrogens (tertiary/aromatic N) is 4. The molecule has 2 aliphatic carbocycles. The van der Waals surface area contributed by atoms with Gasteiger partial charge in [-0.15, -0.1) is 0 Å². The molecule has 2 saturated heterocycles. The Morgan fingerprint density at radius 2 is 0.941 bits per heavy atom. The zero-order chi connectivity index (χ0) is 49.5. The molecule has 2 aliphatic heterocycles. The molecule has 0 bridgehead atoms. The first-order valence-electron chi connectivity index (χ1n) is 25.0. The van der Waals surface area contributed by atoms with Crippen LogP contribution in [0.4, 0.5) is 0 Å². The first-order chi connectivity index (χ1) is 32.2. The number of hydrogen-bond acceptors (Lipinski definition) is 10. The maximum absolute atomic E-state index is 14.7. The largest absolute Gasteiger partial charge is 0.347 e. The number of aryl methyl sites for hydroxylation is 2. The molecule has 0 spiro atoms. The van der Waals surface area contributed by atoms with Crippen molar-refractivity contribution >= 4 is 35.4 Å². The third-order valence-electron chi connectivity index (χ3n) is 14.7. The highest BCUT2D eigenvalue weighted by molar-refractivity contribution is 5.95. The van der Waals surface area contributed by atoms with Crippen LogP contribution in [0.25, 0.3) is 0 Å². The van der Waals surface area contributed by atoms with Crippen LogP contribution in [0.1, 0.15) is 115 Å². The van der Waals surface area contributed by atoms with Gasteiger partial charge in [0.2, 0.25) is 35.4 Å². The van der Waals surface area contributed by atoms with Crippen LogP contribution < -0.4 is 31.9 Å². The van der Waals surface area contributed by atoms with E-state index in [1.54, 1.807) is 37.7 Å². The van der Waals surface area contributed by atoms with E-state index in [2.05, 4.69) is 66.0 Å². The number of carbonyl (C=O) groups is 6. The normalized spacial score (nSPS) is 23.2. The smallest absolute Gasteiger partial charge is 0.246 e. The molecular formula is C52H80N10O6. The first kappa shape index (κ1) is 52.5. The number of fused-ring (bicyclic) bond motifs is 2. The molecule has 6 amide bonds. The zero-order valence-corrected chi connectivity index (χ0v) is 42.4. The number of amides is 6. The van der Waals surface area contributed by atoms with Gasteiger partial charge in [0.25, 0.3) is 0 Å². The summed E-state index contributed by atoms with van der Waals surface area (Å²) in [7, 11) is 3.40. The molecule has 6 rings (SSSR count). The number of piperazine rings is 2. The topological polar surface area (TPSA) is 188 Å². The Morgan fingerprint density at radius 1 is 0.574 bits per heavy atom. The molecule has 2 heterocycles. The molecule has 2 fully saturated rings. The minimum atomic E-state index is -0.870. The summed E-state index contributed by atoms with van der Waals surface area (Å²) in [6, 6.07) is 11.6. The van der Waals surface area contributed by atoms with Crippen LogP contribution in [-0.2, 0) is 41.6 Å². The Morgan fingerprint density at radius 3 is 1.29 bits per heavy atom. The van der Waals surface area contributed by atoms with Gasteiger partial charge in [-0.25, -0.2) is 0 Å². The molecule has 16 heteroatoms. The van der Waals surface area contributed by atoms with Gasteiger partial charge in [0.1, 0.15) is 24.2 Å². The maximum atomic E-state index is 14.7. The van der Waals surface area contributed by atoms with Crippen molar-refractivity contribution in [3.63, 3.8) is 0 Å². The molecule has 0 unspecified atom stereocenters. The van der Waals surface area contributed by atoms with E-state index in [9.17, 15) is 28.8 Å². The Labute approximate surface area is 404 Å². The summed E-state index contributed by atoms with van der Waals surface area (Å²) in [6.45, 7) is 18.2. The van der Waals surface area contributed by atoms with Gasteiger partial charge in [0.15, 0.2) is 0 Å².